The van der Waals surface area contributed by atoms with Crippen LogP contribution >= 0.6 is 0 Å². The number of carbonyl (C=O) groups is 1. The molecule has 15 heavy (non-hydrogen) atoms. The van der Waals surface area contributed by atoms with E-state index in [1.54, 1.807) is 0 Å². The van der Waals surface area contributed by atoms with Gasteiger partial charge in [0.2, 0.25) is 0 Å². The van der Waals surface area contributed by atoms with Crippen LogP contribution < -0.4 is 0 Å². The average molecular weight is 209 g/mol. The molecule has 1 aliphatic heterocycles. The van der Waals surface area contributed by atoms with Gasteiger partial charge in [0, 0.05) is 0 Å². The molecule has 0 unspecified atom stereocenters. The van der Waals surface area contributed by atoms with Crippen molar-refractivity contribution in [3.8, 4) is 0 Å². The highest BCUT2D eigenvalue weighted by atomic mass is 19.1. The Balaban J connectivity index is 1.76. The Hall–Kier alpha value is -1.58. The van der Waals surface area contributed by atoms with Crippen LogP contribution in [0.15, 0.2) is 30.3 Å². The molecule has 0 N–H and O–H groups in total. The molecular weight excluding hydrogens is 197 g/mol. The van der Waals surface area contributed by atoms with Crippen LogP contribution in [-0.2, 0) is 11.3 Å². The van der Waals surface area contributed by atoms with Gasteiger partial charge in [0.05, 0.1) is 13.1 Å². The molecule has 2 rings (SSSR count). The fourth-order valence-electron chi connectivity index (χ4n) is 1.38. The van der Waals surface area contributed by atoms with Gasteiger partial charge in [-0.2, -0.15) is 0 Å². The van der Waals surface area contributed by atoms with Crippen molar-refractivity contribution < 1.29 is 13.9 Å². The van der Waals surface area contributed by atoms with Crippen LogP contribution in [0, 0.1) is 0 Å². The lowest BCUT2D eigenvalue weighted by molar-refractivity contribution is 0.0352. The maximum Gasteiger partial charge on any atom is 0.410 e. The lowest BCUT2D eigenvalue weighted by Gasteiger charge is -2.33. The van der Waals surface area contributed by atoms with Gasteiger partial charge in [0.25, 0.3) is 0 Å². The molecule has 0 saturated carbocycles. The van der Waals surface area contributed by atoms with Gasteiger partial charge in [0.15, 0.2) is 0 Å². The summed E-state index contributed by atoms with van der Waals surface area (Å²) in [5.41, 5.74) is 0.933. The first kappa shape index (κ1) is 9.96. The van der Waals surface area contributed by atoms with Crippen molar-refractivity contribution in [2.45, 2.75) is 12.8 Å². The minimum Gasteiger partial charge on any atom is -0.445 e. The number of amides is 1. The number of carbonyl (C=O) groups excluding carboxylic acids is 1. The minimum atomic E-state index is -0.880. The third-order valence-corrected chi connectivity index (χ3v) is 2.30. The largest absolute Gasteiger partial charge is 0.445 e. The summed E-state index contributed by atoms with van der Waals surface area (Å²) in [6.45, 7) is 0.564. The summed E-state index contributed by atoms with van der Waals surface area (Å²) in [6.07, 6.45) is -1.32. The minimum absolute atomic E-state index is 0.160. The topological polar surface area (TPSA) is 29.5 Å². The normalized spacial score (nSPS) is 15.9. The summed E-state index contributed by atoms with van der Waals surface area (Å²) in [4.78, 5) is 12.6. The van der Waals surface area contributed by atoms with Crippen LogP contribution in [0.1, 0.15) is 5.56 Å². The highest BCUT2D eigenvalue weighted by molar-refractivity contribution is 5.68. The average Bonchev–Trinajstić information content (AvgIpc) is 2.23. The van der Waals surface area contributed by atoms with Crippen molar-refractivity contribution >= 4 is 6.09 Å². The first-order valence-corrected chi connectivity index (χ1v) is 4.85. The number of alkyl halides is 1. The number of halogens is 1. The molecule has 0 radical (unpaired) electrons. The summed E-state index contributed by atoms with van der Waals surface area (Å²) in [6, 6.07) is 9.41. The summed E-state index contributed by atoms with van der Waals surface area (Å²) < 4.78 is 17.4. The lowest BCUT2D eigenvalue weighted by Crippen LogP contribution is -2.51. The zero-order valence-electron chi connectivity index (χ0n) is 8.23. The molecule has 0 bridgehead atoms. The zero-order valence-corrected chi connectivity index (χ0v) is 8.23. The maximum absolute atomic E-state index is 12.4. The second-order valence-corrected chi connectivity index (χ2v) is 3.54. The molecule has 1 aromatic carbocycles. The molecule has 0 aliphatic carbocycles. The summed E-state index contributed by atoms with van der Waals surface area (Å²) in [5, 5.41) is 0. The zero-order chi connectivity index (χ0) is 10.7. The molecule has 1 saturated heterocycles. The quantitative estimate of drug-likeness (QED) is 0.745. The fourth-order valence-corrected chi connectivity index (χ4v) is 1.38. The Morgan fingerprint density at radius 3 is 2.67 bits per heavy atom. The van der Waals surface area contributed by atoms with Crippen LogP contribution in [-0.4, -0.2) is 30.3 Å². The summed E-state index contributed by atoms with van der Waals surface area (Å²) in [7, 11) is 0. The molecular formula is C11H12FNO2. The summed E-state index contributed by atoms with van der Waals surface area (Å²) in [5.74, 6) is 0. The van der Waals surface area contributed by atoms with Gasteiger partial charge in [-0.1, -0.05) is 30.3 Å². The molecule has 1 aliphatic rings. The van der Waals surface area contributed by atoms with Gasteiger partial charge >= 0.3 is 6.09 Å². The molecule has 0 atom stereocenters. The van der Waals surface area contributed by atoms with Crippen LogP contribution in [0.2, 0.25) is 0 Å². The predicted octanol–water partition coefficient (Wildman–Crippen LogP) is 1.98. The molecule has 0 spiro atoms. The number of benzene rings is 1. The van der Waals surface area contributed by atoms with Gasteiger partial charge < -0.3 is 9.64 Å². The van der Waals surface area contributed by atoms with Gasteiger partial charge in [-0.15, -0.1) is 0 Å². The van der Waals surface area contributed by atoms with Crippen molar-refractivity contribution in [2.24, 2.45) is 0 Å². The van der Waals surface area contributed by atoms with Crippen LogP contribution in [0.25, 0.3) is 0 Å². The van der Waals surface area contributed by atoms with Gasteiger partial charge in [-0.3, -0.25) is 0 Å². The highest BCUT2D eigenvalue weighted by Crippen LogP contribution is 2.13. The number of likely N-dealkylation sites (tertiary alicyclic amines) is 1. The van der Waals surface area contributed by atoms with E-state index in [2.05, 4.69) is 0 Å². The van der Waals surface area contributed by atoms with Crippen molar-refractivity contribution in [3.63, 3.8) is 0 Å². The van der Waals surface area contributed by atoms with E-state index < -0.39 is 12.3 Å². The van der Waals surface area contributed by atoms with Crippen LogP contribution in [0.4, 0.5) is 9.18 Å². The van der Waals surface area contributed by atoms with E-state index in [0.717, 1.165) is 5.56 Å². The number of rotatable bonds is 2. The van der Waals surface area contributed by atoms with E-state index >= 15 is 0 Å². The molecule has 1 heterocycles. The molecule has 3 nitrogen and oxygen atoms in total. The number of nitrogens with zero attached hydrogens (tertiary/aromatic N) is 1. The van der Waals surface area contributed by atoms with Crippen molar-refractivity contribution in [1.82, 2.24) is 4.90 Å². The predicted molar refractivity (Wildman–Crippen MR) is 53.1 cm³/mol. The highest BCUT2D eigenvalue weighted by Gasteiger charge is 2.31. The molecule has 1 aromatic rings. The number of hydrogen-bond donors (Lipinski definition) is 0. The van der Waals surface area contributed by atoms with Crippen molar-refractivity contribution in [1.29, 1.82) is 0 Å². The Labute approximate surface area is 87.5 Å². The van der Waals surface area contributed by atoms with Crippen molar-refractivity contribution in [2.75, 3.05) is 13.1 Å². The fraction of sp³-hybridized carbons (Fsp3) is 0.364. The molecule has 0 aromatic heterocycles. The van der Waals surface area contributed by atoms with E-state index in [-0.39, 0.29) is 19.7 Å². The van der Waals surface area contributed by atoms with Crippen LogP contribution in [0.3, 0.4) is 0 Å². The standard InChI is InChI=1S/C11H12FNO2/c12-10-6-13(7-10)11(14)15-8-9-4-2-1-3-5-9/h1-5,10H,6-8H2. The Bertz CT molecular complexity index is 336. The second-order valence-electron chi connectivity index (χ2n) is 3.54. The monoisotopic (exact) mass is 209 g/mol. The van der Waals surface area contributed by atoms with Gasteiger partial charge in [-0.05, 0) is 5.56 Å². The van der Waals surface area contributed by atoms with Gasteiger partial charge in [0.1, 0.15) is 12.8 Å². The summed E-state index contributed by atoms with van der Waals surface area (Å²) >= 11 is 0. The van der Waals surface area contributed by atoms with E-state index in [0.29, 0.717) is 0 Å². The maximum atomic E-state index is 12.4. The molecule has 4 heteroatoms. The van der Waals surface area contributed by atoms with Crippen LogP contribution in [0.5, 0.6) is 0 Å². The van der Waals surface area contributed by atoms with E-state index in [4.69, 9.17) is 4.74 Å². The molecule has 80 valence electrons. The third kappa shape index (κ3) is 2.46. The first-order valence-electron chi connectivity index (χ1n) is 4.85. The van der Waals surface area contributed by atoms with Crippen molar-refractivity contribution in [3.05, 3.63) is 35.9 Å². The molecule has 1 fully saturated rings. The number of hydrogen-bond acceptors (Lipinski definition) is 2. The van der Waals surface area contributed by atoms with E-state index in [9.17, 15) is 9.18 Å². The lowest BCUT2D eigenvalue weighted by atomic mass is 10.2. The Kier molecular flexibility index (Phi) is 2.85. The first-order chi connectivity index (χ1) is 7.25. The van der Waals surface area contributed by atoms with E-state index in [1.165, 1.54) is 4.90 Å². The SMILES string of the molecule is O=C(OCc1ccccc1)N1CC(F)C1. The van der Waals surface area contributed by atoms with Gasteiger partial charge in [-0.25, -0.2) is 9.18 Å². The smallest absolute Gasteiger partial charge is 0.410 e. The second kappa shape index (κ2) is 4.29. The molecule has 1 amide bonds. The Morgan fingerprint density at radius 2 is 2.07 bits per heavy atom. The third-order valence-electron chi connectivity index (χ3n) is 2.30. The number of ether oxygens (including phenoxy) is 1. The van der Waals surface area contributed by atoms with E-state index in [1.807, 2.05) is 30.3 Å². The Morgan fingerprint density at radius 1 is 1.40 bits per heavy atom.